The lowest BCUT2D eigenvalue weighted by Gasteiger charge is -2.07. The van der Waals surface area contributed by atoms with Gasteiger partial charge in [-0.2, -0.15) is 0 Å². The van der Waals surface area contributed by atoms with Gasteiger partial charge in [-0.1, -0.05) is 18.2 Å². The van der Waals surface area contributed by atoms with Crippen LogP contribution in [0.15, 0.2) is 41.0 Å². The number of anilines is 1. The summed E-state index contributed by atoms with van der Waals surface area (Å²) in [4.78, 5) is 12.1. The third kappa shape index (κ3) is 2.82. The van der Waals surface area contributed by atoms with Crippen LogP contribution in [0.4, 0.5) is 14.5 Å². The minimum Gasteiger partial charge on any atom is -0.464 e. The molecule has 3 aromatic rings. The maximum absolute atomic E-state index is 13.6. The molecule has 0 unspecified atom stereocenters. The second-order valence-corrected chi connectivity index (χ2v) is 5.47. The fraction of sp³-hybridized carbons (Fsp3) is 0.167. The Hall–Kier alpha value is -2.69. The number of carbonyl (C=O) groups excluding carboxylic acids is 1. The quantitative estimate of drug-likeness (QED) is 0.772. The number of amides is 1. The second kappa shape index (κ2) is 5.83. The first-order valence-corrected chi connectivity index (χ1v) is 7.17. The van der Waals surface area contributed by atoms with E-state index in [1.54, 1.807) is 0 Å². The summed E-state index contributed by atoms with van der Waals surface area (Å²) in [5, 5.41) is 3.11. The highest BCUT2D eigenvalue weighted by molar-refractivity contribution is 5.96. The van der Waals surface area contributed by atoms with Crippen molar-refractivity contribution in [2.45, 2.75) is 20.3 Å². The van der Waals surface area contributed by atoms with Crippen LogP contribution in [0.1, 0.15) is 16.7 Å². The highest BCUT2D eigenvalue weighted by Gasteiger charge is 2.15. The number of nitrogens with one attached hydrogen (secondary N) is 1. The molecule has 2 aromatic carbocycles. The average molecular weight is 315 g/mol. The molecule has 0 aliphatic rings. The smallest absolute Gasteiger partial charge is 0.229 e. The van der Waals surface area contributed by atoms with Gasteiger partial charge in [0, 0.05) is 10.9 Å². The van der Waals surface area contributed by atoms with Gasteiger partial charge in [0.1, 0.15) is 22.9 Å². The van der Waals surface area contributed by atoms with Crippen molar-refractivity contribution in [1.82, 2.24) is 0 Å². The second-order valence-electron chi connectivity index (χ2n) is 5.47. The molecule has 3 rings (SSSR count). The highest BCUT2D eigenvalue weighted by atomic mass is 19.1. The van der Waals surface area contributed by atoms with Gasteiger partial charge >= 0.3 is 0 Å². The molecule has 1 N–H and O–H groups in total. The van der Waals surface area contributed by atoms with Crippen LogP contribution in [-0.4, -0.2) is 5.91 Å². The Kier molecular flexibility index (Phi) is 3.86. The SMILES string of the molecule is Cc1ccc2c(CC(=O)Nc3c(F)cccc3F)coc2c1C. The maximum Gasteiger partial charge on any atom is 0.229 e. The number of hydrogen-bond acceptors (Lipinski definition) is 2. The molecule has 3 nitrogen and oxygen atoms in total. The molecular weight excluding hydrogens is 300 g/mol. The average Bonchev–Trinajstić information content (AvgIpc) is 2.90. The van der Waals surface area contributed by atoms with Gasteiger partial charge in [0.2, 0.25) is 5.91 Å². The summed E-state index contributed by atoms with van der Waals surface area (Å²) in [6.07, 6.45) is 1.48. The van der Waals surface area contributed by atoms with Gasteiger partial charge < -0.3 is 9.73 Å². The molecule has 0 fully saturated rings. The number of aryl methyl sites for hydroxylation is 2. The number of furan rings is 1. The van der Waals surface area contributed by atoms with Gasteiger partial charge in [0.15, 0.2) is 0 Å². The topological polar surface area (TPSA) is 42.2 Å². The highest BCUT2D eigenvalue weighted by Crippen LogP contribution is 2.27. The Morgan fingerprint density at radius 3 is 2.52 bits per heavy atom. The Morgan fingerprint density at radius 1 is 1.13 bits per heavy atom. The van der Waals surface area contributed by atoms with Crippen LogP contribution in [0.25, 0.3) is 11.0 Å². The summed E-state index contributed by atoms with van der Waals surface area (Å²) < 4.78 is 32.7. The van der Waals surface area contributed by atoms with E-state index in [1.807, 2.05) is 26.0 Å². The molecular formula is C18H15F2NO2. The Bertz CT molecular complexity index is 879. The number of para-hydroxylation sites is 1. The van der Waals surface area contributed by atoms with Crippen LogP contribution < -0.4 is 5.32 Å². The zero-order chi connectivity index (χ0) is 16.6. The monoisotopic (exact) mass is 315 g/mol. The number of hydrogen-bond donors (Lipinski definition) is 1. The molecule has 1 aromatic heterocycles. The van der Waals surface area contributed by atoms with Gasteiger partial charge in [-0.05, 0) is 37.1 Å². The van der Waals surface area contributed by atoms with E-state index in [0.717, 1.165) is 34.2 Å². The van der Waals surface area contributed by atoms with E-state index >= 15 is 0 Å². The molecule has 118 valence electrons. The molecule has 0 radical (unpaired) electrons. The van der Waals surface area contributed by atoms with E-state index in [-0.39, 0.29) is 6.42 Å². The summed E-state index contributed by atoms with van der Waals surface area (Å²) in [5.74, 6) is -2.11. The molecule has 0 saturated carbocycles. The zero-order valence-electron chi connectivity index (χ0n) is 12.7. The van der Waals surface area contributed by atoms with Crippen LogP contribution in [0.2, 0.25) is 0 Å². The lowest BCUT2D eigenvalue weighted by atomic mass is 10.0. The molecule has 0 aliphatic heterocycles. The van der Waals surface area contributed by atoms with Gasteiger partial charge in [0.05, 0.1) is 12.7 Å². The normalized spacial score (nSPS) is 11.0. The van der Waals surface area contributed by atoms with E-state index in [9.17, 15) is 13.6 Å². The minimum absolute atomic E-state index is 0.0245. The Balaban J connectivity index is 1.85. The van der Waals surface area contributed by atoms with Crippen molar-refractivity contribution in [1.29, 1.82) is 0 Å². The first-order valence-electron chi connectivity index (χ1n) is 7.17. The van der Waals surface area contributed by atoms with Gasteiger partial charge in [-0.15, -0.1) is 0 Å². The maximum atomic E-state index is 13.6. The zero-order valence-corrected chi connectivity index (χ0v) is 12.7. The van der Waals surface area contributed by atoms with Crippen LogP contribution in [-0.2, 0) is 11.2 Å². The standard InChI is InChI=1S/C18H15F2NO2/c1-10-6-7-13-12(9-23-18(13)11(10)2)8-16(22)21-17-14(19)4-3-5-15(17)20/h3-7,9H,8H2,1-2H3,(H,21,22). The Morgan fingerprint density at radius 2 is 1.83 bits per heavy atom. The van der Waals surface area contributed by atoms with Crippen molar-refractivity contribution in [3.8, 4) is 0 Å². The molecule has 0 aliphatic carbocycles. The van der Waals surface area contributed by atoms with Crippen LogP contribution in [0, 0.1) is 25.5 Å². The molecule has 1 amide bonds. The van der Waals surface area contributed by atoms with Gasteiger partial charge in [0.25, 0.3) is 0 Å². The lowest BCUT2D eigenvalue weighted by molar-refractivity contribution is -0.115. The van der Waals surface area contributed by atoms with Gasteiger partial charge in [-0.25, -0.2) is 8.78 Å². The largest absolute Gasteiger partial charge is 0.464 e. The first-order chi connectivity index (χ1) is 11.0. The van der Waals surface area contributed by atoms with E-state index in [2.05, 4.69) is 5.32 Å². The summed E-state index contributed by atoms with van der Waals surface area (Å²) in [5.41, 5.74) is 3.07. The molecule has 23 heavy (non-hydrogen) atoms. The van der Waals surface area contributed by atoms with E-state index in [0.29, 0.717) is 5.56 Å². The number of rotatable bonds is 3. The van der Waals surface area contributed by atoms with Gasteiger partial charge in [-0.3, -0.25) is 4.79 Å². The fourth-order valence-electron chi connectivity index (χ4n) is 2.50. The number of fused-ring (bicyclic) bond motifs is 1. The third-order valence-corrected chi connectivity index (χ3v) is 3.92. The molecule has 0 bridgehead atoms. The van der Waals surface area contributed by atoms with Crippen molar-refractivity contribution in [2.75, 3.05) is 5.32 Å². The van der Waals surface area contributed by atoms with Crippen LogP contribution in [0.5, 0.6) is 0 Å². The van der Waals surface area contributed by atoms with E-state index in [1.165, 1.54) is 12.3 Å². The van der Waals surface area contributed by atoms with Crippen molar-refractivity contribution >= 4 is 22.6 Å². The molecule has 1 heterocycles. The van der Waals surface area contributed by atoms with E-state index < -0.39 is 23.2 Å². The molecule has 0 saturated heterocycles. The van der Waals surface area contributed by atoms with Crippen molar-refractivity contribution < 1.29 is 18.0 Å². The molecule has 5 heteroatoms. The fourth-order valence-corrected chi connectivity index (χ4v) is 2.50. The summed E-state index contributed by atoms with van der Waals surface area (Å²) >= 11 is 0. The first kappa shape index (κ1) is 15.2. The van der Waals surface area contributed by atoms with Crippen molar-refractivity contribution in [3.63, 3.8) is 0 Å². The van der Waals surface area contributed by atoms with Crippen LogP contribution in [0.3, 0.4) is 0 Å². The number of halogens is 2. The summed E-state index contributed by atoms with van der Waals surface area (Å²) in [6.45, 7) is 3.92. The van der Waals surface area contributed by atoms with Crippen molar-refractivity contribution in [3.05, 3.63) is 64.9 Å². The Labute approximate surface area is 131 Å². The third-order valence-electron chi connectivity index (χ3n) is 3.92. The van der Waals surface area contributed by atoms with E-state index in [4.69, 9.17) is 4.42 Å². The predicted octanol–water partition coefficient (Wildman–Crippen LogP) is 4.51. The van der Waals surface area contributed by atoms with Crippen molar-refractivity contribution in [2.24, 2.45) is 0 Å². The van der Waals surface area contributed by atoms with Crippen LogP contribution >= 0.6 is 0 Å². The molecule has 0 spiro atoms. The molecule has 0 atom stereocenters. The predicted molar refractivity (Wildman–Crippen MR) is 84.4 cm³/mol. The number of benzene rings is 2. The minimum atomic E-state index is -0.804. The lowest BCUT2D eigenvalue weighted by Crippen LogP contribution is -2.16. The summed E-state index contributed by atoms with van der Waals surface area (Å²) in [7, 11) is 0. The summed E-state index contributed by atoms with van der Waals surface area (Å²) in [6, 6.07) is 7.27. The number of carbonyl (C=O) groups is 1.